The Bertz CT molecular complexity index is 866. The summed E-state index contributed by atoms with van der Waals surface area (Å²) < 4.78 is 19.3. The van der Waals surface area contributed by atoms with E-state index in [1.165, 1.54) is 6.07 Å². The molecule has 2 aliphatic heterocycles. The average Bonchev–Trinajstić information content (AvgIpc) is 2.81. The molecular weight excluding hydrogens is 417 g/mol. The number of rotatable bonds is 6. The number of benzene rings is 1. The molecule has 166 valence electrons. The van der Waals surface area contributed by atoms with Crippen molar-refractivity contribution < 1.29 is 13.9 Å². The normalized spacial score (nSPS) is 18.8. The molecule has 3 heterocycles. The van der Waals surface area contributed by atoms with Gasteiger partial charge in [-0.15, -0.1) is 0 Å². The highest BCUT2D eigenvalue weighted by Crippen LogP contribution is 2.24. The van der Waals surface area contributed by atoms with Crippen molar-refractivity contribution in [2.24, 2.45) is 0 Å². The molecule has 1 aromatic heterocycles. The summed E-state index contributed by atoms with van der Waals surface area (Å²) in [5.41, 5.74) is 0.895. The molecule has 2 aromatic rings. The first kappa shape index (κ1) is 22.0. The molecule has 31 heavy (non-hydrogen) atoms. The van der Waals surface area contributed by atoms with Crippen molar-refractivity contribution in [2.45, 2.75) is 50.7 Å². The van der Waals surface area contributed by atoms with Crippen molar-refractivity contribution in [3.8, 4) is 5.75 Å². The number of carbonyl (C=O) groups is 1. The van der Waals surface area contributed by atoms with E-state index in [1.54, 1.807) is 24.5 Å². The van der Waals surface area contributed by atoms with E-state index in [-0.39, 0.29) is 17.0 Å². The first-order valence-corrected chi connectivity index (χ1v) is 11.5. The molecule has 1 amide bonds. The van der Waals surface area contributed by atoms with Crippen LogP contribution in [0, 0.1) is 5.82 Å². The van der Waals surface area contributed by atoms with Gasteiger partial charge in [-0.2, -0.15) is 0 Å². The lowest BCUT2D eigenvalue weighted by Gasteiger charge is -2.41. The Morgan fingerprint density at radius 1 is 1.06 bits per heavy atom. The minimum Gasteiger partial charge on any atom is -0.490 e. The Labute approximate surface area is 188 Å². The van der Waals surface area contributed by atoms with Gasteiger partial charge < -0.3 is 9.64 Å². The summed E-state index contributed by atoms with van der Waals surface area (Å²) in [5, 5.41) is 0.112. The maximum atomic E-state index is 13.3. The van der Waals surface area contributed by atoms with Crippen LogP contribution in [0.15, 0.2) is 42.7 Å². The predicted molar refractivity (Wildman–Crippen MR) is 119 cm³/mol. The second-order valence-electron chi connectivity index (χ2n) is 8.40. The summed E-state index contributed by atoms with van der Waals surface area (Å²) in [7, 11) is 0. The van der Waals surface area contributed by atoms with E-state index >= 15 is 0 Å². The summed E-state index contributed by atoms with van der Waals surface area (Å²) in [6, 6.07) is 9.02. The average molecular weight is 446 g/mol. The maximum absolute atomic E-state index is 13.3. The van der Waals surface area contributed by atoms with Gasteiger partial charge in [0.1, 0.15) is 17.7 Å². The van der Waals surface area contributed by atoms with Gasteiger partial charge in [0.25, 0.3) is 0 Å². The van der Waals surface area contributed by atoms with E-state index in [9.17, 15) is 9.18 Å². The van der Waals surface area contributed by atoms with Gasteiger partial charge in [-0.3, -0.25) is 14.7 Å². The number of hydrogen-bond donors (Lipinski definition) is 0. The minimum absolute atomic E-state index is 0.112. The summed E-state index contributed by atoms with van der Waals surface area (Å²) in [4.78, 5) is 21.2. The molecule has 2 fully saturated rings. The number of pyridine rings is 1. The van der Waals surface area contributed by atoms with E-state index in [4.69, 9.17) is 16.3 Å². The van der Waals surface area contributed by atoms with Crippen molar-refractivity contribution in [1.29, 1.82) is 0 Å². The summed E-state index contributed by atoms with van der Waals surface area (Å²) in [5.74, 6) is 0.637. The third-order valence-electron chi connectivity index (χ3n) is 6.37. The fourth-order valence-electron chi connectivity index (χ4n) is 4.55. The maximum Gasteiger partial charge on any atom is 0.222 e. The van der Waals surface area contributed by atoms with Crippen LogP contribution in [0.2, 0.25) is 5.02 Å². The molecule has 4 rings (SSSR count). The van der Waals surface area contributed by atoms with Crippen molar-refractivity contribution in [1.82, 2.24) is 14.8 Å². The van der Waals surface area contributed by atoms with E-state index < -0.39 is 5.82 Å². The van der Waals surface area contributed by atoms with Gasteiger partial charge in [0.15, 0.2) is 0 Å². The van der Waals surface area contributed by atoms with Gasteiger partial charge in [-0.05, 0) is 61.9 Å². The number of hydrogen-bond acceptors (Lipinski definition) is 4. The van der Waals surface area contributed by atoms with Crippen LogP contribution >= 0.6 is 11.6 Å². The molecule has 1 aromatic carbocycles. The molecule has 0 saturated carbocycles. The molecule has 2 saturated heterocycles. The number of likely N-dealkylation sites (tertiary alicyclic amines) is 2. The van der Waals surface area contributed by atoms with Crippen LogP contribution in [0.5, 0.6) is 5.75 Å². The number of halogens is 2. The van der Waals surface area contributed by atoms with Gasteiger partial charge in [-0.1, -0.05) is 17.7 Å². The van der Waals surface area contributed by atoms with Gasteiger partial charge in [0.05, 0.1) is 5.02 Å². The molecule has 5 nitrogen and oxygen atoms in total. The van der Waals surface area contributed by atoms with Crippen LogP contribution in [0.4, 0.5) is 4.39 Å². The first-order chi connectivity index (χ1) is 15.1. The number of aromatic nitrogens is 1. The highest BCUT2D eigenvalue weighted by Gasteiger charge is 2.30. The predicted octanol–water partition coefficient (Wildman–Crippen LogP) is 4.34. The Kier molecular flexibility index (Phi) is 7.41. The summed E-state index contributed by atoms with van der Waals surface area (Å²) in [6.45, 7) is 3.70. The molecule has 0 aliphatic carbocycles. The zero-order valence-electron chi connectivity index (χ0n) is 17.7. The molecule has 0 radical (unpaired) electrons. The highest BCUT2D eigenvalue weighted by atomic mass is 35.5. The lowest BCUT2D eigenvalue weighted by molar-refractivity contribution is -0.132. The van der Waals surface area contributed by atoms with E-state index in [0.717, 1.165) is 63.2 Å². The monoisotopic (exact) mass is 445 g/mol. The van der Waals surface area contributed by atoms with Crippen molar-refractivity contribution in [3.05, 3.63) is 59.1 Å². The van der Waals surface area contributed by atoms with Gasteiger partial charge in [0.2, 0.25) is 5.91 Å². The smallest absolute Gasteiger partial charge is 0.222 e. The van der Waals surface area contributed by atoms with Gasteiger partial charge in [0, 0.05) is 51.0 Å². The summed E-state index contributed by atoms with van der Waals surface area (Å²) >= 11 is 5.83. The second kappa shape index (κ2) is 10.4. The second-order valence-corrected chi connectivity index (χ2v) is 8.80. The van der Waals surface area contributed by atoms with Crippen LogP contribution < -0.4 is 4.74 Å². The molecule has 0 spiro atoms. The van der Waals surface area contributed by atoms with Crippen LogP contribution in [-0.4, -0.2) is 59.0 Å². The molecule has 0 atom stereocenters. The SMILES string of the molecule is O=C(CCc1ccc(F)c(Cl)c1)N1CCC(N2CCC(Oc3ccncc3)CC2)CC1. The Morgan fingerprint density at radius 2 is 1.77 bits per heavy atom. The molecule has 2 aliphatic rings. The number of piperidine rings is 2. The third kappa shape index (κ3) is 5.95. The molecule has 0 N–H and O–H groups in total. The number of nitrogens with zero attached hydrogens (tertiary/aromatic N) is 3. The largest absolute Gasteiger partial charge is 0.490 e. The number of amides is 1. The lowest BCUT2D eigenvalue weighted by Crippen LogP contribution is -2.50. The van der Waals surface area contributed by atoms with Crippen LogP contribution in [0.3, 0.4) is 0 Å². The molecule has 7 heteroatoms. The lowest BCUT2D eigenvalue weighted by atomic mass is 9.98. The topological polar surface area (TPSA) is 45.7 Å². The van der Waals surface area contributed by atoms with Gasteiger partial charge in [-0.25, -0.2) is 4.39 Å². The quantitative estimate of drug-likeness (QED) is 0.663. The number of carbonyl (C=O) groups excluding carboxylic acids is 1. The van der Waals surface area contributed by atoms with E-state index in [1.807, 2.05) is 17.0 Å². The Hall–Kier alpha value is -2.18. The first-order valence-electron chi connectivity index (χ1n) is 11.1. The summed E-state index contributed by atoms with van der Waals surface area (Å²) in [6.07, 6.45) is 8.90. The fraction of sp³-hybridized carbons (Fsp3) is 0.500. The van der Waals surface area contributed by atoms with Gasteiger partial charge >= 0.3 is 0 Å². The highest BCUT2D eigenvalue weighted by molar-refractivity contribution is 6.30. The fourth-order valence-corrected chi connectivity index (χ4v) is 4.76. The zero-order chi connectivity index (χ0) is 21.6. The van der Waals surface area contributed by atoms with Crippen molar-refractivity contribution in [3.63, 3.8) is 0 Å². The van der Waals surface area contributed by atoms with Crippen LogP contribution in [-0.2, 0) is 11.2 Å². The van der Waals surface area contributed by atoms with E-state index in [2.05, 4.69) is 9.88 Å². The van der Waals surface area contributed by atoms with Crippen molar-refractivity contribution in [2.75, 3.05) is 26.2 Å². The number of aryl methyl sites for hydroxylation is 1. The van der Waals surface area contributed by atoms with Crippen LogP contribution in [0.25, 0.3) is 0 Å². The molecule has 0 bridgehead atoms. The minimum atomic E-state index is -0.424. The zero-order valence-corrected chi connectivity index (χ0v) is 18.4. The molecule has 0 unspecified atom stereocenters. The standard InChI is InChI=1S/C24H29ClFN3O2/c25-22-17-18(1-3-23(22)26)2-4-24(30)29-13-7-19(8-14-29)28-15-9-21(10-16-28)31-20-5-11-27-12-6-20/h1,3,5-6,11-12,17,19,21H,2,4,7-10,13-16H2. The molecular formula is C24H29ClFN3O2. The van der Waals surface area contributed by atoms with Crippen molar-refractivity contribution >= 4 is 17.5 Å². The van der Waals surface area contributed by atoms with E-state index in [0.29, 0.717) is 18.9 Å². The van der Waals surface area contributed by atoms with Crippen LogP contribution in [0.1, 0.15) is 37.7 Å². The Morgan fingerprint density at radius 3 is 2.45 bits per heavy atom. The number of ether oxygens (including phenoxy) is 1. The third-order valence-corrected chi connectivity index (χ3v) is 6.66. The Balaban J connectivity index is 1.17.